The largest absolute Gasteiger partial charge is 0.379 e. The highest BCUT2D eigenvalue weighted by atomic mass is 32.1. The molecule has 2 heterocycles. The number of likely N-dealkylation sites (N-methyl/N-ethyl adjacent to an activating group) is 1. The van der Waals surface area contributed by atoms with Gasteiger partial charge in [-0.1, -0.05) is 37.3 Å². The van der Waals surface area contributed by atoms with E-state index in [-0.39, 0.29) is 24.0 Å². The number of nitrogens with one attached hydrogen (secondary N) is 1. The van der Waals surface area contributed by atoms with Gasteiger partial charge < -0.3 is 15.0 Å². The van der Waals surface area contributed by atoms with Crippen molar-refractivity contribution in [1.29, 1.82) is 0 Å². The molecule has 146 valence electrons. The average Bonchev–Trinajstić information content (AvgIpc) is 3.35. The van der Waals surface area contributed by atoms with E-state index in [0.717, 1.165) is 30.8 Å². The number of nitrogens with zero attached hydrogens (tertiary/aromatic N) is 2. The second-order valence-corrected chi connectivity index (χ2v) is 8.23. The number of carbonyl (C=O) groups is 1. The van der Waals surface area contributed by atoms with Gasteiger partial charge in [-0.2, -0.15) is 0 Å². The Morgan fingerprint density at radius 1 is 1.41 bits per heavy atom. The van der Waals surface area contributed by atoms with E-state index >= 15 is 0 Å². The van der Waals surface area contributed by atoms with Gasteiger partial charge in [-0.05, 0) is 38.4 Å². The molecule has 4 unspecified atom stereocenters. The van der Waals surface area contributed by atoms with Crippen molar-refractivity contribution in [3.05, 3.63) is 52.5 Å². The summed E-state index contributed by atoms with van der Waals surface area (Å²) in [5, 5.41) is 6.12. The third kappa shape index (κ3) is 4.94. The molecule has 1 saturated heterocycles. The molecule has 0 saturated carbocycles. The lowest BCUT2D eigenvalue weighted by molar-refractivity contribution is -0.131. The first kappa shape index (κ1) is 20.0. The van der Waals surface area contributed by atoms with Crippen molar-refractivity contribution < 1.29 is 9.53 Å². The molecular formula is C21H29N3O2S. The number of benzene rings is 1. The second kappa shape index (κ2) is 9.44. The summed E-state index contributed by atoms with van der Waals surface area (Å²) in [4.78, 5) is 19.8. The maximum absolute atomic E-state index is 13.1. The number of likely N-dealkylation sites (tertiary alicyclic amines) is 1. The van der Waals surface area contributed by atoms with E-state index in [1.807, 2.05) is 30.5 Å². The van der Waals surface area contributed by atoms with Crippen molar-refractivity contribution in [3.63, 3.8) is 0 Å². The highest BCUT2D eigenvalue weighted by molar-refractivity contribution is 7.09. The zero-order chi connectivity index (χ0) is 19.2. The summed E-state index contributed by atoms with van der Waals surface area (Å²) >= 11 is 1.58. The van der Waals surface area contributed by atoms with E-state index in [1.165, 1.54) is 5.56 Å². The highest BCUT2D eigenvalue weighted by Crippen LogP contribution is 2.26. The van der Waals surface area contributed by atoms with E-state index in [1.54, 1.807) is 24.6 Å². The Bertz CT molecular complexity index is 707. The molecule has 1 aromatic heterocycles. The molecule has 1 N–H and O–H groups in total. The predicted octanol–water partition coefficient (Wildman–Crippen LogP) is 3.29. The molecule has 1 fully saturated rings. The fourth-order valence-corrected chi connectivity index (χ4v) is 4.64. The SMILES string of the molecule is COC(C(C)C(=O)NC(Cc1ccccc1)c1nccs1)C1CCCN1C. The van der Waals surface area contributed by atoms with E-state index < -0.39 is 0 Å². The summed E-state index contributed by atoms with van der Waals surface area (Å²) in [5.74, 6) is -0.197. The Balaban J connectivity index is 1.71. The number of ether oxygens (including phenoxy) is 1. The van der Waals surface area contributed by atoms with E-state index in [9.17, 15) is 4.79 Å². The maximum Gasteiger partial charge on any atom is 0.226 e. The Kier molecular flexibility index (Phi) is 6.99. The van der Waals surface area contributed by atoms with Crippen LogP contribution in [0.25, 0.3) is 0 Å². The molecule has 2 aromatic rings. The van der Waals surface area contributed by atoms with Crippen molar-refractivity contribution in [2.24, 2.45) is 5.92 Å². The fraction of sp³-hybridized carbons (Fsp3) is 0.524. The van der Waals surface area contributed by atoms with Gasteiger partial charge in [0, 0.05) is 24.7 Å². The van der Waals surface area contributed by atoms with Crippen LogP contribution in [0, 0.1) is 5.92 Å². The quantitative estimate of drug-likeness (QED) is 0.755. The third-order valence-electron chi connectivity index (χ3n) is 5.48. The molecular weight excluding hydrogens is 358 g/mol. The summed E-state index contributed by atoms with van der Waals surface area (Å²) in [6.07, 6.45) is 4.65. The van der Waals surface area contributed by atoms with Gasteiger partial charge in [0.05, 0.1) is 18.1 Å². The van der Waals surface area contributed by atoms with Crippen LogP contribution in [-0.4, -0.2) is 48.6 Å². The minimum Gasteiger partial charge on any atom is -0.379 e. The van der Waals surface area contributed by atoms with Crippen molar-refractivity contribution in [1.82, 2.24) is 15.2 Å². The highest BCUT2D eigenvalue weighted by Gasteiger charge is 2.36. The first-order valence-electron chi connectivity index (χ1n) is 9.57. The Hall–Kier alpha value is -1.76. The first-order valence-corrected chi connectivity index (χ1v) is 10.4. The molecule has 0 aliphatic carbocycles. The van der Waals surface area contributed by atoms with Crippen LogP contribution in [0.5, 0.6) is 0 Å². The van der Waals surface area contributed by atoms with Gasteiger partial charge in [-0.3, -0.25) is 4.79 Å². The summed E-state index contributed by atoms with van der Waals surface area (Å²) < 4.78 is 5.76. The monoisotopic (exact) mass is 387 g/mol. The Morgan fingerprint density at radius 2 is 2.19 bits per heavy atom. The van der Waals surface area contributed by atoms with Gasteiger partial charge in [-0.15, -0.1) is 11.3 Å². The molecule has 1 aliphatic heterocycles. The van der Waals surface area contributed by atoms with Crippen LogP contribution in [0.15, 0.2) is 41.9 Å². The van der Waals surface area contributed by atoms with Crippen LogP contribution in [0.4, 0.5) is 0 Å². The molecule has 3 rings (SSSR count). The van der Waals surface area contributed by atoms with Crippen molar-refractivity contribution >= 4 is 17.2 Å². The first-order chi connectivity index (χ1) is 13.1. The molecule has 0 radical (unpaired) electrons. The summed E-state index contributed by atoms with van der Waals surface area (Å²) in [7, 11) is 3.82. The summed E-state index contributed by atoms with van der Waals surface area (Å²) in [5.41, 5.74) is 1.18. The molecule has 27 heavy (non-hydrogen) atoms. The lowest BCUT2D eigenvalue weighted by Crippen LogP contribution is -2.47. The molecule has 6 heteroatoms. The fourth-order valence-electron chi connectivity index (χ4n) is 3.95. The molecule has 0 spiro atoms. The van der Waals surface area contributed by atoms with E-state index in [0.29, 0.717) is 6.04 Å². The Morgan fingerprint density at radius 3 is 2.78 bits per heavy atom. The zero-order valence-electron chi connectivity index (χ0n) is 16.3. The molecule has 5 nitrogen and oxygen atoms in total. The molecule has 1 aliphatic rings. The molecule has 1 amide bonds. The van der Waals surface area contributed by atoms with Crippen LogP contribution in [-0.2, 0) is 16.0 Å². The number of hydrogen-bond donors (Lipinski definition) is 1. The van der Waals surface area contributed by atoms with E-state index in [4.69, 9.17) is 4.74 Å². The minimum atomic E-state index is -0.223. The molecule has 1 aromatic carbocycles. The lowest BCUT2D eigenvalue weighted by Gasteiger charge is -2.32. The normalized spacial score (nSPS) is 20.9. The van der Waals surface area contributed by atoms with Crippen molar-refractivity contribution in [3.8, 4) is 0 Å². The van der Waals surface area contributed by atoms with Crippen molar-refractivity contribution in [2.45, 2.75) is 44.4 Å². The van der Waals surface area contributed by atoms with Gasteiger partial charge in [0.25, 0.3) is 0 Å². The van der Waals surface area contributed by atoms with Gasteiger partial charge in [0.2, 0.25) is 5.91 Å². The standard InChI is InChI=1S/C21H29N3O2S/c1-15(19(26-3)18-10-7-12-24(18)2)20(25)23-17(21-22-11-13-27-21)14-16-8-5-4-6-9-16/h4-6,8-9,11,13,15,17-19H,7,10,12,14H2,1-3H3,(H,23,25). The summed E-state index contributed by atoms with van der Waals surface area (Å²) in [6, 6.07) is 10.4. The predicted molar refractivity (Wildman–Crippen MR) is 109 cm³/mol. The van der Waals surface area contributed by atoms with Crippen LogP contribution in [0.3, 0.4) is 0 Å². The molecule has 4 atom stereocenters. The maximum atomic E-state index is 13.1. The second-order valence-electron chi connectivity index (χ2n) is 7.30. The van der Waals surface area contributed by atoms with E-state index in [2.05, 4.69) is 34.4 Å². The number of thiazole rings is 1. The van der Waals surface area contributed by atoms with Gasteiger partial charge in [-0.25, -0.2) is 4.98 Å². The summed E-state index contributed by atoms with van der Waals surface area (Å²) in [6.45, 7) is 3.03. The average molecular weight is 388 g/mol. The molecule has 0 bridgehead atoms. The van der Waals surface area contributed by atoms with Gasteiger partial charge in [0.1, 0.15) is 5.01 Å². The van der Waals surface area contributed by atoms with Crippen LogP contribution < -0.4 is 5.32 Å². The van der Waals surface area contributed by atoms with Crippen LogP contribution >= 0.6 is 11.3 Å². The topological polar surface area (TPSA) is 54.5 Å². The number of methoxy groups -OCH3 is 1. The van der Waals surface area contributed by atoms with Gasteiger partial charge in [0.15, 0.2) is 0 Å². The van der Waals surface area contributed by atoms with Crippen molar-refractivity contribution in [2.75, 3.05) is 20.7 Å². The third-order valence-corrected chi connectivity index (χ3v) is 6.37. The lowest BCUT2D eigenvalue weighted by atomic mass is 9.94. The minimum absolute atomic E-state index is 0.0262. The Labute approximate surface area is 165 Å². The van der Waals surface area contributed by atoms with Gasteiger partial charge >= 0.3 is 0 Å². The number of aromatic nitrogens is 1. The number of carbonyl (C=O) groups excluding carboxylic acids is 1. The smallest absolute Gasteiger partial charge is 0.226 e. The number of rotatable bonds is 8. The van der Waals surface area contributed by atoms with Crippen LogP contribution in [0.1, 0.15) is 36.4 Å². The number of amides is 1. The van der Waals surface area contributed by atoms with Crippen LogP contribution in [0.2, 0.25) is 0 Å². The number of hydrogen-bond acceptors (Lipinski definition) is 5. The zero-order valence-corrected chi connectivity index (χ0v) is 17.1.